The molecular formula is C20H30O4. The van der Waals surface area contributed by atoms with Gasteiger partial charge in [-0.1, -0.05) is 62.9 Å². The lowest BCUT2D eigenvalue weighted by molar-refractivity contribution is -0.218. The number of rotatable bonds is 11. The van der Waals surface area contributed by atoms with Crippen molar-refractivity contribution < 1.29 is 19.0 Å². The van der Waals surface area contributed by atoms with Gasteiger partial charge in [-0.25, -0.2) is 0 Å². The number of hydrogen-bond acceptors (Lipinski definition) is 4. The average molecular weight is 334 g/mol. The van der Waals surface area contributed by atoms with Gasteiger partial charge in [-0.05, 0) is 18.4 Å². The summed E-state index contributed by atoms with van der Waals surface area (Å²) in [5.74, 6) is -0.128. The first-order valence-corrected chi connectivity index (χ1v) is 9.24. The van der Waals surface area contributed by atoms with Crippen LogP contribution in [0.25, 0.3) is 0 Å². The molecule has 0 aliphatic carbocycles. The Morgan fingerprint density at radius 3 is 2.71 bits per heavy atom. The maximum absolute atomic E-state index is 11.7. The average Bonchev–Trinajstić information content (AvgIpc) is 2.59. The van der Waals surface area contributed by atoms with Gasteiger partial charge < -0.3 is 14.2 Å². The number of benzene rings is 1. The molecule has 0 radical (unpaired) electrons. The molecule has 4 nitrogen and oxygen atoms in total. The van der Waals surface area contributed by atoms with Crippen molar-refractivity contribution in [2.45, 2.75) is 77.3 Å². The molecular weight excluding hydrogens is 304 g/mol. The summed E-state index contributed by atoms with van der Waals surface area (Å²) in [7, 11) is 0. The second-order valence-corrected chi connectivity index (χ2v) is 6.41. The van der Waals surface area contributed by atoms with Gasteiger partial charge in [0.1, 0.15) is 0 Å². The Hall–Kier alpha value is -1.39. The molecule has 1 aromatic rings. The fourth-order valence-corrected chi connectivity index (χ4v) is 2.88. The second-order valence-electron chi connectivity index (χ2n) is 6.41. The predicted octanol–water partition coefficient (Wildman–Crippen LogP) is 4.61. The van der Waals surface area contributed by atoms with Crippen LogP contribution in [-0.2, 0) is 25.6 Å². The summed E-state index contributed by atoms with van der Waals surface area (Å²) < 4.78 is 16.9. The summed E-state index contributed by atoms with van der Waals surface area (Å²) in [6.45, 7) is 3.46. The third-order valence-corrected chi connectivity index (χ3v) is 4.22. The van der Waals surface area contributed by atoms with Crippen molar-refractivity contribution in [3.63, 3.8) is 0 Å². The van der Waals surface area contributed by atoms with E-state index in [0.717, 1.165) is 19.3 Å². The van der Waals surface area contributed by atoms with E-state index in [4.69, 9.17) is 14.2 Å². The topological polar surface area (TPSA) is 44.8 Å². The minimum atomic E-state index is -0.400. The van der Waals surface area contributed by atoms with E-state index in [1.165, 1.54) is 24.8 Å². The van der Waals surface area contributed by atoms with Crippen LogP contribution >= 0.6 is 0 Å². The second kappa shape index (κ2) is 11.2. The Morgan fingerprint density at radius 2 is 1.92 bits per heavy atom. The standard InChI is InChI=1S/C20H30O4/c1-2-3-4-8-12-18-15-19(21)24-20(23-18)13-9-14-22-16-17-10-6-5-7-11-17/h5-7,10-11,18,20H,2-4,8-9,12-16H2,1H3/t18-,20-/m0/s1. The summed E-state index contributed by atoms with van der Waals surface area (Å²) in [6, 6.07) is 10.1. The first kappa shape index (κ1) is 18.9. The van der Waals surface area contributed by atoms with E-state index in [1.54, 1.807) is 0 Å². The van der Waals surface area contributed by atoms with Crippen LogP contribution in [0.3, 0.4) is 0 Å². The molecule has 0 saturated carbocycles. The third-order valence-electron chi connectivity index (χ3n) is 4.22. The fourth-order valence-electron chi connectivity index (χ4n) is 2.88. The van der Waals surface area contributed by atoms with Crippen LogP contribution in [0.1, 0.15) is 63.9 Å². The summed E-state index contributed by atoms with van der Waals surface area (Å²) in [4.78, 5) is 11.7. The van der Waals surface area contributed by atoms with Crippen molar-refractivity contribution in [2.75, 3.05) is 6.61 Å². The van der Waals surface area contributed by atoms with E-state index in [9.17, 15) is 4.79 Å². The zero-order valence-corrected chi connectivity index (χ0v) is 14.7. The molecule has 0 aromatic heterocycles. The summed E-state index contributed by atoms with van der Waals surface area (Å²) in [5, 5.41) is 0. The quantitative estimate of drug-likeness (QED) is 0.438. The van der Waals surface area contributed by atoms with Gasteiger partial charge in [0.05, 0.1) is 19.1 Å². The van der Waals surface area contributed by atoms with Crippen LogP contribution in [0.15, 0.2) is 30.3 Å². The van der Waals surface area contributed by atoms with Gasteiger partial charge in [0, 0.05) is 13.0 Å². The number of hydrogen-bond donors (Lipinski definition) is 0. The maximum Gasteiger partial charge on any atom is 0.310 e. The highest BCUT2D eigenvalue weighted by Crippen LogP contribution is 2.21. The molecule has 4 heteroatoms. The Morgan fingerprint density at radius 1 is 1.08 bits per heavy atom. The first-order chi connectivity index (χ1) is 11.8. The molecule has 2 rings (SSSR count). The molecule has 134 valence electrons. The Labute approximate surface area is 145 Å². The molecule has 1 aliphatic rings. The van der Waals surface area contributed by atoms with Crippen molar-refractivity contribution in [3.8, 4) is 0 Å². The first-order valence-electron chi connectivity index (χ1n) is 9.24. The van der Waals surface area contributed by atoms with Crippen LogP contribution in [0.5, 0.6) is 0 Å². The summed E-state index contributed by atoms with van der Waals surface area (Å²) >= 11 is 0. The fraction of sp³-hybridized carbons (Fsp3) is 0.650. The molecule has 0 amide bonds. The van der Waals surface area contributed by atoms with Crippen LogP contribution in [0.2, 0.25) is 0 Å². The minimum absolute atomic E-state index is 0.0262. The van der Waals surface area contributed by atoms with E-state index < -0.39 is 6.29 Å². The van der Waals surface area contributed by atoms with Crippen molar-refractivity contribution in [3.05, 3.63) is 35.9 Å². The van der Waals surface area contributed by atoms with Gasteiger partial charge in [0.15, 0.2) is 0 Å². The molecule has 0 bridgehead atoms. The molecule has 1 aliphatic heterocycles. The van der Waals surface area contributed by atoms with E-state index >= 15 is 0 Å². The van der Waals surface area contributed by atoms with E-state index in [-0.39, 0.29) is 12.1 Å². The molecule has 0 unspecified atom stereocenters. The number of ether oxygens (including phenoxy) is 3. The van der Waals surface area contributed by atoms with Crippen molar-refractivity contribution in [1.82, 2.24) is 0 Å². The van der Waals surface area contributed by atoms with E-state index in [2.05, 4.69) is 19.1 Å². The number of cyclic esters (lactones) is 1. The van der Waals surface area contributed by atoms with Gasteiger partial charge >= 0.3 is 5.97 Å². The molecule has 1 heterocycles. The zero-order chi connectivity index (χ0) is 17.0. The van der Waals surface area contributed by atoms with Gasteiger partial charge in [0.25, 0.3) is 0 Å². The van der Waals surface area contributed by atoms with E-state index in [0.29, 0.717) is 26.1 Å². The lowest BCUT2D eigenvalue weighted by Crippen LogP contribution is -2.35. The van der Waals surface area contributed by atoms with Crippen LogP contribution < -0.4 is 0 Å². The smallest absolute Gasteiger partial charge is 0.310 e. The molecule has 1 aromatic carbocycles. The number of carbonyl (C=O) groups excluding carboxylic acids is 1. The van der Waals surface area contributed by atoms with Gasteiger partial charge in [-0.2, -0.15) is 0 Å². The Bertz CT molecular complexity index is 460. The maximum atomic E-state index is 11.7. The molecule has 0 N–H and O–H groups in total. The summed E-state index contributed by atoms with van der Waals surface area (Å²) in [5.41, 5.74) is 1.17. The lowest BCUT2D eigenvalue weighted by atomic mass is 10.1. The molecule has 1 fully saturated rings. The zero-order valence-electron chi connectivity index (χ0n) is 14.7. The Kier molecular flexibility index (Phi) is 8.85. The number of unbranched alkanes of at least 4 members (excludes halogenated alkanes) is 3. The highest BCUT2D eigenvalue weighted by atomic mass is 16.7. The minimum Gasteiger partial charge on any atom is -0.436 e. The van der Waals surface area contributed by atoms with Crippen LogP contribution in [-0.4, -0.2) is 25.0 Å². The van der Waals surface area contributed by atoms with Crippen molar-refractivity contribution in [2.24, 2.45) is 0 Å². The van der Waals surface area contributed by atoms with Crippen molar-refractivity contribution >= 4 is 5.97 Å². The highest BCUT2D eigenvalue weighted by Gasteiger charge is 2.28. The Balaban J connectivity index is 1.58. The van der Waals surface area contributed by atoms with Gasteiger partial charge in [-0.3, -0.25) is 4.79 Å². The highest BCUT2D eigenvalue weighted by molar-refractivity contribution is 5.70. The molecule has 24 heavy (non-hydrogen) atoms. The number of carbonyl (C=O) groups is 1. The normalized spacial score (nSPS) is 20.8. The van der Waals surface area contributed by atoms with Crippen molar-refractivity contribution in [1.29, 1.82) is 0 Å². The summed E-state index contributed by atoms with van der Waals surface area (Å²) in [6.07, 6.45) is 7.31. The largest absolute Gasteiger partial charge is 0.436 e. The molecule has 2 atom stereocenters. The predicted molar refractivity (Wildman–Crippen MR) is 93.5 cm³/mol. The van der Waals surface area contributed by atoms with Gasteiger partial charge in [-0.15, -0.1) is 0 Å². The monoisotopic (exact) mass is 334 g/mol. The number of esters is 1. The van der Waals surface area contributed by atoms with E-state index in [1.807, 2.05) is 18.2 Å². The molecule has 1 saturated heterocycles. The SMILES string of the molecule is CCCCCC[C@H]1CC(=O)O[C@@H](CCCOCc2ccccc2)O1. The lowest BCUT2D eigenvalue weighted by Gasteiger charge is -2.29. The van der Waals surface area contributed by atoms with Crippen LogP contribution in [0.4, 0.5) is 0 Å². The van der Waals surface area contributed by atoms with Gasteiger partial charge in [0.2, 0.25) is 6.29 Å². The third kappa shape index (κ3) is 7.45. The van der Waals surface area contributed by atoms with Crippen LogP contribution in [0, 0.1) is 0 Å². The molecule has 0 spiro atoms.